The highest BCUT2D eigenvalue weighted by Crippen LogP contribution is 2.31. The molecule has 2 aromatic rings. The number of carbonyl (C=O) groups is 1. The third-order valence-electron chi connectivity index (χ3n) is 5.07. The summed E-state index contributed by atoms with van der Waals surface area (Å²) in [6.45, 7) is 6.87. The quantitative estimate of drug-likeness (QED) is 0.613. The van der Waals surface area contributed by atoms with Crippen LogP contribution in [0.4, 0.5) is 4.79 Å². The molecule has 0 spiro atoms. The van der Waals surface area contributed by atoms with Crippen molar-refractivity contribution in [2.24, 2.45) is 0 Å². The third-order valence-corrected chi connectivity index (χ3v) is 5.07. The molecule has 3 atom stereocenters. The standard InChI is InChI=1S/C22H30N4O6/c1-14-11-25(20(29)24-19(14)28)18-10-17(16(13-27)23-21(30)31-22(2,3)4)26(32-18)12-15-8-6-5-7-9-15/h5-9,11,16-18,27H,10,12-13H2,1-4H3,(H,23,30)(H,24,28,29)/t16-,17+,18+/m0/s1. The number of hydrogen-bond donors (Lipinski definition) is 3. The van der Waals surface area contributed by atoms with Gasteiger partial charge in [0.25, 0.3) is 5.56 Å². The molecule has 0 bridgehead atoms. The van der Waals surface area contributed by atoms with Crippen LogP contribution < -0.4 is 16.6 Å². The molecular weight excluding hydrogens is 416 g/mol. The Bertz CT molecular complexity index is 1040. The minimum atomic E-state index is -0.721. The number of H-pyrrole nitrogens is 1. The lowest BCUT2D eigenvalue weighted by atomic mass is 10.0. The topological polar surface area (TPSA) is 126 Å². The molecule has 1 fully saturated rings. The summed E-state index contributed by atoms with van der Waals surface area (Å²) in [6, 6.07) is 8.39. The number of amides is 1. The number of aliphatic hydroxyl groups is 1. The van der Waals surface area contributed by atoms with E-state index >= 15 is 0 Å². The Kier molecular flexibility index (Phi) is 7.17. The minimum absolute atomic E-state index is 0.291. The number of aliphatic hydroxyl groups excluding tert-OH is 1. The van der Waals surface area contributed by atoms with Crippen LogP contribution in [0.3, 0.4) is 0 Å². The second kappa shape index (κ2) is 9.68. The van der Waals surface area contributed by atoms with Crippen LogP contribution in [0.2, 0.25) is 0 Å². The van der Waals surface area contributed by atoms with Crippen LogP contribution in [0, 0.1) is 6.92 Å². The Hall–Kier alpha value is -2.95. The molecule has 1 saturated heterocycles. The highest BCUT2D eigenvalue weighted by Gasteiger charge is 2.40. The first-order chi connectivity index (χ1) is 15.1. The summed E-state index contributed by atoms with van der Waals surface area (Å²) in [6.07, 6.45) is 0.363. The van der Waals surface area contributed by atoms with Crippen LogP contribution in [-0.4, -0.2) is 50.1 Å². The zero-order valence-electron chi connectivity index (χ0n) is 18.7. The number of rotatable bonds is 6. The van der Waals surface area contributed by atoms with E-state index in [4.69, 9.17) is 9.57 Å². The molecule has 174 valence electrons. The van der Waals surface area contributed by atoms with Crippen molar-refractivity contribution in [1.82, 2.24) is 19.9 Å². The molecule has 1 amide bonds. The second-order valence-electron chi connectivity index (χ2n) is 8.84. The van der Waals surface area contributed by atoms with E-state index in [2.05, 4.69) is 10.3 Å². The van der Waals surface area contributed by atoms with E-state index in [0.29, 0.717) is 18.5 Å². The lowest BCUT2D eigenvalue weighted by Crippen LogP contribution is -2.51. The second-order valence-corrected chi connectivity index (χ2v) is 8.84. The number of nitrogens with zero attached hydrogens (tertiary/aromatic N) is 2. The molecule has 3 rings (SSSR count). The number of alkyl carbamates (subject to hydrolysis) is 1. The van der Waals surface area contributed by atoms with Gasteiger partial charge in [0.05, 0.1) is 18.7 Å². The molecule has 10 nitrogen and oxygen atoms in total. The van der Waals surface area contributed by atoms with Crippen molar-refractivity contribution in [2.75, 3.05) is 6.61 Å². The molecule has 0 saturated carbocycles. The number of nitrogens with one attached hydrogen (secondary N) is 2. The molecule has 1 aromatic heterocycles. The molecule has 1 aliphatic heterocycles. The first-order valence-electron chi connectivity index (χ1n) is 10.5. The predicted octanol–water partition coefficient (Wildman–Crippen LogP) is 1.44. The van der Waals surface area contributed by atoms with Crippen molar-refractivity contribution < 1.29 is 19.5 Å². The minimum Gasteiger partial charge on any atom is -0.444 e. The fourth-order valence-corrected chi connectivity index (χ4v) is 3.57. The van der Waals surface area contributed by atoms with Crippen LogP contribution >= 0.6 is 0 Å². The summed E-state index contributed by atoms with van der Waals surface area (Å²) >= 11 is 0. The average molecular weight is 447 g/mol. The number of aromatic amines is 1. The van der Waals surface area contributed by atoms with Gasteiger partial charge in [0.1, 0.15) is 5.60 Å². The van der Waals surface area contributed by atoms with Gasteiger partial charge in [-0.05, 0) is 33.3 Å². The third kappa shape index (κ3) is 5.84. The highest BCUT2D eigenvalue weighted by molar-refractivity contribution is 5.68. The summed E-state index contributed by atoms with van der Waals surface area (Å²) in [7, 11) is 0. The van der Waals surface area contributed by atoms with Gasteiger partial charge in [0.15, 0.2) is 6.23 Å². The van der Waals surface area contributed by atoms with Gasteiger partial charge in [-0.1, -0.05) is 30.3 Å². The van der Waals surface area contributed by atoms with Crippen LogP contribution in [0.5, 0.6) is 0 Å². The van der Waals surface area contributed by atoms with Crippen molar-refractivity contribution in [1.29, 1.82) is 0 Å². The summed E-state index contributed by atoms with van der Waals surface area (Å²) in [4.78, 5) is 44.8. The van der Waals surface area contributed by atoms with Crippen LogP contribution in [0.15, 0.2) is 46.1 Å². The number of hydroxylamine groups is 2. The maximum absolute atomic E-state index is 12.4. The summed E-state index contributed by atoms with van der Waals surface area (Å²) < 4.78 is 6.64. The zero-order chi connectivity index (χ0) is 23.5. The van der Waals surface area contributed by atoms with Crippen LogP contribution in [0.1, 0.15) is 44.5 Å². The van der Waals surface area contributed by atoms with Gasteiger partial charge in [-0.2, -0.15) is 5.06 Å². The van der Waals surface area contributed by atoms with Gasteiger partial charge in [-0.25, -0.2) is 9.59 Å². The molecule has 1 aromatic carbocycles. The van der Waals surface area contributed by atoms with E-state index < -0.39 is 41.3 Å². The molecule has 3 N–H and O–H groups in total. The molecular formula is C22H30N4O6. The molecule has 32 heavy (non-hydrogen) atoms. The summed E-state index contributed by atoms with van der Waals surface area (Å²) in [5.74, 6) is 0. The smallest absolute Gasteiger partial charge is 0.408 e. The molecule has 10 heteroatoms. The van der Waals surface area contributed by atoms with Gasteiger partial charge >= 0.3 is 11.8 Å². The van der Waals surface area contributed by atoms with Gasteiger partial charge in [0, 0.05) is 24.7 Å². The molecule has 0 radical (unpaired) electrons. The van der Waals surface area contributed by atoms with Gasteiger partial charge in [0.2, 0.25) is 0 Å². The maximum Gasteiger partial charge on any atom is 0.408 e. The fraction of sp³-hybridized carbons (Fsp3) is 0.500. The largest absolute Gasteiger partial charge is 0.444 e. The SMILES string of the molecule is Cc1cn([C@H]2C[C@H]([C@H](CO)NC(=O)OC(C)(C)C)N(Cc3ccccc3)O2)c(=O)[nH]c1=O. The Labute approximate surface area is 185 Å². The monoisotopic (exact) mass is 446 g/mol. The Balaban J connectivity index is 1.87. The highest BCUT2D eigenvalue weighted by atomic mass is 16.7. The lowest BCUT2D eigenvalue weighted by Gasteiger charge is -2.30. The van der Waals surface area contributed by atoms with Crippen molar-refractivity contribution >= 4 is 6.09 Å². The van der Waals surface area contributed by atoms with Gasteiger partial charge < -0.3 is 15.2 Å². The number of aromatic nitrogens is 2. The van der Waals surface area contributed by atoms with Gasteiger partial charge in [-0.3, -0.25) is 19.2 Å². The number of carbonyl (C=O) groups excluding carboxylic acids is 1. The predicted molar refractivity (Wildman–Crippen MR) is 117 cm³/mol. The van der Waals surface area contributed by atoms with E-state index in [0.717, 1.165) is 5.56 Å². The zero-order valence-corrected chi connectivity index (χ0v) is 18.7. The Morgan fingerprint density at radius 2 is 2.00 bits per heavy atom. The molecule has 2 heterocycles. The van der Waals surface area contributed by atoms with Crippen molar-refractivity contribution in [3.05, 3.63) is 68.5 Å². The van der Waals surface area contributed by atoms with Crippen molar-refractivity contribution in [2.45, 2.75) is 64.6 Å². The Morgan fingerprint density at radius 1 is 1.31 bits per heavy atom. The average Bonchev–Trinajstić information content (AvgIpc) is 3.11. The summed E-state index contributed by atoms with van der Waals surface area (Å²) in [5.41, 5.74) is -0.411. The normalized spacial score (nSPS) is 20.2. The molecule has 1 aliphatic rings. The first-order valence-corrected chi connectivity index (χ1v) is 10.5. The number of ether oxygens (including phenoxy) is 1. The van der Waals surface area contributed by atoms with Gasteiger partial charge in [-0.15, -0.1) is 0 Å². The molecule has 0 aliphatic carbocycles. The van der Waals surface area contributed by atoms with Crippen molar-refractivity contribution in [3.8, 4) is 0 Å². The van der Waals surface area contributed by atoms with Crippen LogP contribution in [0.25, 0.3) is 0 Å². The lowest BCUT2D eigenvalue weighted by molar-refractivity contribution is -0.194. The van der Waals surface area contributed by atoms with E-state index in [1.54, 1.807) is 32.8 Å². The van der Waals surface area contributed by atoms with E-state index in [1.165, 1.54) is 10.8 Å². The first kappa shape index (κ1) is 23.7. The van der Waals surface area contributed by atoms with Crippen LogP contribution in [-0.2, 0) is 16.1 Å². The van der Waals surface area contributed by atoms with E-state index in [1.807, 2.05) is 30.3 Å². The Morgan fingerprint density at radius 3 is 2.62 bits per heavy atom. The maximum atomic E-state index is 12.4. The number of aryl methyl sites for hydroxylation is 1. The number of benzene rings is 1. The fourth-order valence-electron chi connectivity index (χ4n) is 3.57. The number of hydrogen-bond acceptors (Lipinski definition) is 7. The van der Waals surface area contributed by atoms with E-state index in [9.17, 15) is 19.5 Å². The van der Waals surface area contributed by atoms with Crippen molar-refractivity contribution in [3.63, 3.8) is 0 Å². The van der Waals surface area contributed by atoms with E-state index in [-0.39, 0.29) is 6.61 Å². The summed E-state index contributed by atoms with van der Waals surface area (Å²) in [5, 5.41) is 14.4. The molecule has 0 unspecified atom stereocenters.